The van der Waals surface area contributed by atoms with E-state index in [0.29, 0.717) is 32.5 Å². The van der Waals surface area contributed by atoms with Crippen LogP contribution in [0.25, 0.3) is 0 Å². The summed E-state index contributed by atoms with van der Waals surface area (Å²) in [7, 11) is 1.62. The number of carbonyl (C=O) groups excluding carboxylic acids is 1. The van der Waals surface area contributed by atoms with Gasteiger partial charge >= 0.3 is 0 Å². The van der Waals surface area contributed by atoms with Crippen molar-refractivity contribution in [2.24, 2.45) is 5.84 Å². The van der Waals surface area contributed by atoms with Gasteiger partial charge in [-0.3, -0.25) is 15.1 Å². The van der Waals surface area contributed by atoms with Gasteiger partial charge in [-0.05, 0) is 6.92 Å². The Hall–Kier alpha value is -1.16. The van der Waals surface area contributed by atoms with Crippen LogP contribution in [0.15, 0.2) is 0 Å². The van der Waals surface area contributed by atoms with Crippen LogP contribution in [0.4, 0.5) is 0 Å². The highest BCUT2D eigenvalue weighted by atomic mass is 16.5. The van der Waals surface area contributed by atoms with Gasteiger partial charge in [0.1, 0.15) is 0 Å². The molecule has 0 aliphatic carbocycles. The Bertz CT molecular complexity index is 239. The van der Waals surface area contributed by atoms with Gasteiger partial charge in [0, 0.05) is 39.1 Å². The van der Waals surface area contributed by atoms with Crippen LogP contribution in [0, 0.1) is 11.3 Å². The smallest absolute Gasteiger partial charge is 0.235 e. The quantitative estimate of drug-likeness (QED) is 0.335. The third-order valence-electron chi connectivity index (χ3n) is 2.36. The first kappa shape index (κ1) is 14.8. The molecule has 92 valence electrons. The molecule has 0 bridgehead atoms. The number of amides is 1. The molecule has 0 rings (SSSR count). The second-order valence-corrected chi connectivity index (χ2v) is 3.56. The molecule has 16 heavy (non-hydrogen) atoms. The number of hydrazine groups is 1. The number of hydrogen-bond acceptors (Lipinski definition) is 5. The molecule has 1 atom stereocenters. The van der Waals surface area contributed by atoms with Gasteiger partial charge < -0.3 is 4.74 Å². The first-order valence-electron chi connectivity index (χ1n) is 5.25. The first-order valence-corrected chi connectivity index (χ1v) is 5.25. The number of rotatable bonds is 8. The van der Waals surface area contributed by atoms with E-state index in [0.717, 1.165) is 0 Å². The SMILES string of the molecule is COCCN(CCC#N)C(C)CC(=O)NN. The average molecular weight is 228 g/mol. The third kappa shape index (κ3) is 6.35. The first-order chi connectivity index (χ1) is 7.65. The topological polar surface area (TPSA) is 91.4 Å². The van der Waals surface area contributed by atoms with Crippen LogP contribution in [-0.2, 0) is 9.53 Å². The minimum Gasteiger partial charge on any atom is -0.383 e. The number of nitriles is 1. The van der Waals surface area contributed by atoms with Crippen LogP contribution in [-0.4, -0.2) is 43.7 Å². The van der Waals surface area contributed by atoms with E-state index in [1.54, 1.807) is 7.11 Å². The zero-order valence-corrected chi connectivity index (χ0v) is 9.90. The van der Waals surface area contributed by atoms with Crippen molar-refractivity contribution in [1.82, 2.24) is 10.3 Å². The normalized spacial score (nSPS) is 12.2. The van der Waals surface area contributed by atoms with Crippen molar-refractivity contribution >= 4 is 5.91 Å². The maximum Gasteiger partial charge on any atom is 0.235 e. The molecule has 0 saturated carbocycles. The molecule has 1 amide bonds. The highest BCUT2D eigenvalue weighted by molar-refractivity contribution is 5.75. The fourth-order valence-corrected chi connectivity index (χ4v) is 1.41. The average Bonchev–Trinajstić information content (AvgIpc) is 2.28. The number of carbonyl (C=O) groups is 1. The number of nitrogens with one attached hydrogen (secondary N) is 1. The van der Waals surface area contributed by atoms with Crippen molar-refractivity contribution < 1.29 is 9.53 Å². The number of methoxy groups -OCH3 is 1. The Morgan fingerprint density at radius 3 is 2.81 bits per heavy atom. The summed E-state index contributed by atoms with van der Waals surface area (Å²) in [5.74, 6) is 4.82. The lowest BCUT2D eigenvalue weighted by Crippen LogP contribution is -2.41. The molecule has 3 N–H and O–H groups in total. The summed E-state index contributed by atoms with van der Waals surface area (Å²) in [6, 6.07) is 2.14. The highest BCUT2D eigenvalue weighted by Gasteiger charge is 2.16. The second-order valence-electron chi connectivity index (χ2n) is 3.56. The van der Waals surface area contributed by atoms with E-state index in [1.165, 1.54) is 0 Å². The molecule has 6 heteroatoms. The molecule has 0 heterocycles. The van der Waals surface area contributed by atoms with Gasteiger partial charge in [-0.15, -0.1) is 0 Å². The van der Waals surface area contributed by atoms with Crippen LogP contribution in [0.5, 0.6) is 0 Å². The summed E-state index contributed by atoms with van der Waals surface area (Å²) in [5, 5.41) is 8.54. The summed E-state index contributed by atoms with van der Waals surface area (Å²) in [4.78, 5) is 13.2. The summed E-state index contributed by atoms with van der Waals surface area (Å²) >= 11 is 0. The summed E-state index contributed by atoms with van der Waals surface area (Å²) in [5.41, 5.74) is 2.10. The minimum absolute atomic E-state index is 0.0482. The van der Waals surface area contributed by atoms with Crippen molar-refractivity contribution in [3.05, 3.63) is 0 Å². The lowest BCUT2D eigenvalue weighted by molar-refractivity contribution is -0.122. The minimum atomic E-state index is -0.202. The molecular weight excluding hydrogens is 208 g/mol. The zero-order valence-electron chi connectivity index (χ0n) is 9.90. The Morgan fingerprint density at radius 2 is 2.31 bits per heavy atom. The van der Waals surface area contributed by atoms with Gasteiger partial charge in [0.25, 0.3) is 0 Å². The van der Waals surface area contributed by atoms with E-state index in [2.05, 4.69) is 11.5 Å². The zero-order chi connectivity index (χ0) is 12.4. The molecule has 0 aromatic carbocycles. The molecule has 0 aromatic rings. The Morgan fingerprint density at radius 1 is 1.62 bits per heavy atom. The standard InChI is InChI=1S/C10H20N4O2/c1-9(8-10(15)13-12)14(5-3-4-11)6-7-16-2/h9H,3,5-8,12H2,1-2H3,(H,13,15). The lowest BCUT2D eigenvalue weighted by atomic mass is 10.2. The summed E-state index contributed by atoms with van der Waals surface area (Å²) < 4.78 is 4.98. The molecule has 0 radical (unpaired) electrons. The van der Waals surface area contributed by atoms with Gasteiger partial charge in [0.2, 0.25) is 5.91 Å². The Kier molecular flexibility index (Phi) is 8.43. The molecule has 1 unspecified atom stereocenters. The number of hydrogen-bond donors (Lipinski definition) is 2. The third-order valence-corrected chi connectivity index (χ3v) is 2.36. The molecule has 0 fully saturated rings. The fraction of sp³-hybridized carbons (Fsp3) is 0.800. The number of nitrogens with two attached hydrogens (primary N) is 1. The van der Waals surface area contributed by atoms with Crippen molar-refractivity contribution in [2.75, 3.05) is 26.8 Å². The van der Waals surface area contributed by atoms with Crippen LogP contribution in [0.1, 0.15) is 19.8 Å². The molecule has 0 aromatic heterocycles. The van der Waals surface area contributed by atoms with E-state index in [4.69, 9.17) is 15.8 Å². The van der Waals surface area contributed by atoms with E-state index in [9.17, 15) is 4.79 Å². The molecule has 0 saturated heterocycles. The van der Waals surface area contributed by atoms with Crippen molar-refractivity contribution in [2.45, 2.75) is 25.8 Å². The highest BCUT2D eigenvalue weighted by Crippen LogP contribution is 2.04. The van der Waals surface area contributed by atoms with E-state index >= 15 is 0 Å². The fourth-order valence-electron chi connectivity index (χ4n) is 1.41. The van der Waals surface area contributed by atoms with Crippen LogP contribution >= 0.6 is 0 Å². The predicted octanol–water partition coefficient (Wildman–Crippen LogP) is -0.383. The van der Waals surface area contributed by atoms with Gasteiger partial charge in [-0.1, -0.05) is 0 Å². The molecular formula is C10H20N4O2. The van der Waals surface area contributed by atoms with Crippen LogP contribution < -0.4 is 11.3 Å². The number of ether oxygens (including phenoxy) is 1. The van der Waals surface area contributed by atoms with E-state index < -0.39 is 0 Å². The van der Waals surface area contributed by atoms with Crippen LogP contribution in [0.3, 0.4) is 0 Å². The Labute approximate surface area is 96.3 Å². The van der Waals surface area contributed by atoms with Crippen LogP contribution in [0.2, 0.25) is 0 Å². The molecule has 0 aliphatic heterocycles. The van der Waals surface area contributed by atoms with Crippen molar-refractivity contribution in [1.29, 1.82) is 5.26 Å². The predicted molar refractivity (Wildman–Crippen MR) is 60.1 cm³/mol. The Balaban J connectivity index is 4.14. The maximum absolute atomic E-state index is 11.1. The van der Waals surface area contributed by atoms with Crippen molar-refractivity contribution in [3.63, 3.8) is 0 Å². The lowest BCUT2D eigenvalue weighted by Gasteiger charge is -2.27. The summed E-state index contributed by atoms with van der Waals surface area (Å²) in [6.45, 7) is 3.86. The molecule has 6 nitrogen and oxygen atoms in total. The monoisotopic (exact) mass is 228 g/mol. The molecule has 0 spiro atoms. The largest absolute Gasteiger partial charge is 0.383 e. The van der Waals surface area contributed by atoms with Gasteiger partial charge in [-0.25, -0.2) is 5.84 Å². The van der Waals surface area contributed by atoms with E-state index in [1.807, 2.05) is 11.8 Å². The van der Waals surface area contributed by atoms with Gasteiger partial charge in [0.15, 0.2) is 0 Å². The second kappa shape index (κ2) is 9.09. The van der Waals surface area contributed by atoms with Gasteiger partial charge in [-0.2, -0.15) is 5.26 Å². The summed E-state index contributed by atoms with van der Waals surface area (Å²) in [6.07, 6.45) is 0.768. The van der Waals surface area contributed by atoms with E-state index in [-0.39, 0.29) is 11.9 Å². The maximum atomic E-state index is 11.1. The number of nitrogens with zero attached hydrogens (tertiary/aromatic N) is 2. The molecule has 0 aliphatic rings. The van der Waals surface area contributed by atoms with Gasteiger partial charge in [0.05, 0.1) is 12.7 Å². The van der Waals surface area contributed by atoms with Crippen molar-refractivity contribution in [3.8, 4) is 6.07 Å².